The number of carbonyl (C=O) groups is 2. The molecule has 28 heavy (non-hydrogen) atoms. The van der Waals surface area contributed by atoms with Gasteiger partial charge in [0.15, 0.2) is 5.78 Å². The van der Waals surface area contributed by atoms with Crippen molar-refractivity contribution in [1.29, 1.82) is 0 Å². The molecule has 0 spiro atoms. The zero-order valence-corrected chi connectivity index (χ0v) is 17.2. The number of carbonyl (C=O) groups excluding carboxylic acids is 2. The van der Waals surface area contributed by atoms with Crippen LogP contribution in [0.25, 0.3) is 0 Å². The SMILES string of the molecule is CC(C)(Oc1ccc(C(=O)c2ccc(Cl)cc2)cc1)C(=O)[O-].C[NH+](C)CCO. The number of aliphatic carboxylic acids is 1. The molecule has 0 saturated carbocycles. The van der Waals surface area contributed by atoms with Crippen LogP contribution in [0.4, 0.5) is 0 Å². The van der Waals surface area contributed by atoms with Crippen molar-refractivity contribution in [2.75, 3.05) is 27.2 Å². The summed E-state index contributed by atoms with van der Waals surface area (Å²) in [4.78, 5) is 24.5. The molecule has 2 aromatic carbocycles. The number of ketones is 1. The molecule has 6 nitrogen and oxygen atoms in total. The zero-order valence-electron chi connectivity index (χ0n) is 16.5. The highest BCUT2D eigenvalue weighted by molar-refractivity contribution is 6.30. The van der Waals surface area contributed by atoms with Crippen molar-refractivity contribution < 1.29 is 29.4 Å². The number of hydrogen-bond acceptors (Lipinski definition) is 5. The molecule has 7 heteroatoms. The highest BCUT2D eigenvalue weighted by atomic mass is 35.5. The molecule has 2 N–H and O–H groups in total. The van der Waals surface area contributed by atoms with Crippen LogP contribution >= 0.6 is 11.6 Å². The van der Waals surface area contributed by atoms with Gasteiger partial charge in [0.05, 0.1) is 26.7 Å². The van der Waals surface area contributed by atoms with Crippen LogP contribution in [0.3, 0.4) is 0 Å². The van der Waals surface area contributed by atoms with E-state index in [0.29, 0.717) is 28.5 Å². The maximum Gasteiger partial charge on any atom is 0.193 e. The number of benzene rings is 2. The molecule has 0 aliphatic heterocycles. The Bertz CT molecular complexity index is 770. The second kappa shape index (κ2) is 10.8. The smallest absolute Gasteiger partial charge is 0.193 e. The van der Waals surface area contributed by atoms with Gasteiger partial charge in [0.25, 0.3) is 0 Å². The summed E-state index contributed by atoms with van der Waals surface area (Å²) in [5.41, 5.74) is -0.448. The van der Waals surface area contributed by atoms with Crippen molar-refractivity contribution in [1.82, 2.24) is 0 Å². The predicted molar refractivity (Wildman–Crippen MR) is 106 cm³/mol. The van der Waals surface area contributed by atoms with Crippen LogP contribution in [-0.4, -0.2) is 49.7 Å². The second-order valence-electron chi connectivity index (χ2n) is 6.94. The number of hydrogen-bond donors (Lipinski definition) is 2. The van der Waals surface area contributed by atoms with E-state index in [1.54, 1.807) is 48.5 Å². The van der Waals surface area contributed by atoms with E-state index in [4.69, 9.17) is 21.4 Å². The van der Waals surface area contributed by atoms with Crippen LogP contribution in [0.2, 0.25) is 5.02 Å². The van der Waals surface area contributed by atoms with Crippen LogP contribution in [0, 0.1) is 0 Å². The number of aliphatic hydroxyl groups is 1. The van der Waals surface area contributed by atoms with Crippen LogP contribution in [0.1, 0.15) is 29.8 Å². The summed E-state index contributed by atoms with van der Waals surface area (Å²) >= 11 is 5.79. The summed E-state index contributed by atoms with van der Waals surface area (Å²) in [7, 11) is 4.02. The fourth-order valence-electron chi connectivity index (χ4n) is 2.00. The first-order valence-electron chi connectivity index (χ1n) is 8.77. The number of halogens is 1. The maximum absolute atomic E-state index is 12.3. The molecule has 0 heterocycles. The molecule has 0 fully saturated rings. The van der Waals surface area contributed by atoms with Gasteiger partial charge >= 0.3 is 0 Å². The quantitative estimate of drug-likeness (QED) is 0.656. The summed E-state index contributed by atoms with van der Waals surface area (Å²) in [5.74, 6) is -1.11. The average Bonchev–Trinajstić information content (AvgIpc) is 2.62. The fourth-order valence-corrected chi connectivity index (χ4v) is 2.13. The van der Waals surface area contributed by atoms with Crippen LogP contribution in [-0.2, 0) is 4.79 Å². The molecular formula is C21H26ClNO5. The Morgan fingerprint density at radius 3 is 1.86 bits per heavy atom. The molecule has 0 unspecified atom stereocenters. The summed E-state index contributed by atoms with van der Waals surface area (Å²) in [6.45, 7) is 3.94. The van der Waals surface area contributed by atoms with Crippen LogP contribution < -0.4 is 14.7 Å². The minimum Gasteiger partial charge on any atom is -0.546 e. The van der Waals surface area contributed by atoms with Gasteiger partial charge in [-0.3, -0.25) is 4.79 Å². The van der Waals surface area contributed by atoms with Gasteiger partial charge in [0.1, 0.15) is 17.9 Å². The Labute approximate surface area is 170 Å². The molecule has 0 saturated heterocycles. The van der Waals surface area contributed by atoms with E-state index in [1.165, 1.54) is 18.7 Å². The Kier molecular flexibility index (Phi) is 9.12. The van der Waals surface area contributed by atoms with Gasteiger partial charge < -0.3 is 24.6 Å². The van der Waals surface area contributed by atoms with Gasteiger partial charge in [-0.05, 0) is 62.4 Å². The number of aliphatic hydroxyl groups excluding tert-OH is 1. The lowest BCUT2D eigenvalue weighted by Gasteiger charge is -2.27. The largest absolute Gasteiger partial charge is 0.546 e. The third kappa shape index (κ3) is 7.68. The lowest BCUT2D eigenvalue weighted by molar-refractivity contribution is -0.858. The van der Waals surface area contributed by atoms with E-state index < -0.39 is 11.6 Å². The Morgan fingerprint density at radius 2 is 1.50 bits per heavy atom. The second-order valence-corrected chi connectivity index (χ2v) is 7.38. The number of carboxylic acid groups (broad SMARTS) is 1. The number of quaternary nitrogens is 1. The monoisotopic (exact) mass is 407 g/mol. The van der Waals surface area contributed by atoms with Gasteiger partial charge in [-0.1, -0.05) is 11.6 Å². The molecule has 2 aromatic rings. The summed E-state index contributed by atoms with van der Waals surface area (Å²) in [6, 6.07) is 12.9. The first-order chi connectivity index (χ1) is 13.1. The predicted octanol–water partition coefficient (Wildman–Crippen LogP) is 0.602. The van der Waals surface area contributed by atoms with Crippen molar-refractivity contribution in [3.63, 3.8) is 0 Å². The average molecular weight is 408 g/mol. The van der Waals surface area contributed by atoms with Crippen molar-refractivity contribution >= 4 is 23.4 Å². The summed E-state index contributed by atoms with van der Waals surface area (Å²) in [5, 5.41) is 19.7. The minimum atomic E-state index is -1.44. The van der Waals surface area contributed by atoms with Gasteiger partial charge in [-0.25, -0.2) is 0 Å². The van der Waals surface area contributed by atoms with Crippen molar-refractivity contribution in [3.8, 4) is 5.75 Å². The third-order valence-electron chi connectivity index (χ3n) is 3.70. The Hall–Kier alpha value is -2.41. The molecular weight excluding hydrogens is 382 g/mol. The molecule has 0 aliphatic rings. The number of nitrogens with one attached hydrogen (secondary N) is 1. The molecule has 0 aromatic heterocycles. The lowest BCUT2D eigenvalue weighted by Crippen LogP contribution is -3.06. The van der Waals surface area contributed by atoms with E-state index in [-0.39, 0.29) is 5.78 Å². The summed E-state index contributed by atoms with van der Waals surface area (Å²) < 4.78 is 5.33. The number of likely N-dealkylation sites (N-methyl/N-ethyl adjacent to an activating group) is 1. The molecule has 0 bridgehead atoms. The van der Waals surface area contributed by atoms with Gasteiger partial charge in [0.2, 0.25) is 0 Å². The molecule has 0 atom stereocenters. The third-order valence-corrected chi connectivity index (χ3v) is 3.95. The first-order valence-corrected chi connectivity index (χ1v) is 9.15. The van der Waals surface area contributed by atoms with E-state index in [9.17, 15) is 14.7 Å². The van der Waals surface area contributed by atoms with Crippen molar-refractivity contribution in [2.24, 2.45) is 0 Å². The van der Waals surface area contributed by atoms with E-state index in [0.717, 1.165) is 6.54 Å². The highest BCUT2D eigenvalue weighted by Gasteiger charge is 2.21. The van der Waals surface area contributed by atoms with Crippen LogP contribution in [0.5, 0.6) is 5.75 Å². The topological polar surface area (TPSA) is 91.1 Å². The van der Waals surface area contributed by atoms with Gasteiger partial charge in [-0.2, -0.15) is 0 Å². The molecule has 0 amide bonds. The number of ether oxygens (including phenoxy) is 1. The van der Waals surface area contributed by atoms with Crippen LogP contribution in [0.15, 0.2) is 48.5 Å². The lowest BCUT2D eigenvalue weighted by atomic mass is 10.0. The Balaban J connectivity index is 0.000000568. The van der Waals surface area contributed by atoms with Gasteiger partial charge in [-0.15, -0.1) is 0 Å². The molecule has 0 aliphatic carbocycles. The zero-order chi connectivity index (χ0) is 21.3. The van der Waals surface area contributed by atoms with E-state index in [1.807, 2.05) is 14.1 Å². The number of carboxylic acids is 1. The van der Waals surface area contributed by atoms with Crippen molar-refractivity contribution in [3.05, 3.63) is 64.7 Å². The molecule has 152 valence electrons. The standard InChI is InChI=1S/C17H15ClO4.C4H11NO/c1-17(2,16(20)21)22-14-9-5-12(6-10-14)15(19)11-3-7-13(18)8-4-11;1-5(2)3-4-6/h3-10H,1-2H3,(H,20,21);6H,3-4H2,1-2H3. The summed E-state index contributed by atoms with van der Waals surface area (Å²) in [6.07, 6.45) is 0. The van der Waals surface area contributed by atoms with E-state index in [2.05, 4.69) is 0 Å². The highest BCUT2D eigenvalue weighted by Crippen LogP contribution is 2.20. The van der Waals surface area contributed by atoms with Crippen molar-refractivity contribution in [2.45, 2.75) is 19.4 Å². The molecule has 2 rings (SSSR count). The Morgan fingerprint density at radius 1 is 1.04 bits per heavy atom. The number of rotatable bonds is 7. The fraction of sp³-hybridized carbons (Fsp3) is 0.333. The molecule has 0 radical (unpaired) electrons. The maximum atomic E-state index is 12.3. The minimum absolute atomic E-state index is 0.151. The van der Waals surface area contributed by atoms with E-state index >= 15 is 0 Å². The first kappa shape index (κ1) is 23.6. The van der Waals surface area contributed by atoms with Gasteiger partial charge in [0, 0.05) is 16.1 Å². The normalized spacial score (nSPS) is 10.8.